The second kappa shape index (κ2) is 8.23. The van der Waals surface area contributed by atoms with Gasteiger partial charge in [-0.2, -0.15) is 0 Å². The smallest absolute Gasteiger partial charge is 0.407 e. The fourth-order valence-corrected chi connectivity index (χ4v) is 4.58. The number of aromatic nitrogens is 1. The van der Waals surface area contributed by atoms with Gasteiger partial charge in [0, 0.05) is 28.6 Å². The maximum atomic E-state index is 12.7. The minimum atomic E-state index is -1.00. The van der Waals surface area contributed by atoms with E-state index in [1.165, 1.54) is 0 Å². The van der Waals surface area contributed by atoms with Crippen molar-refractivity contribution in [3.63, 3.8) is 0 Å². The van der Waals surface area contributed by atoms with E-state index in [2.05, 4.69) is 34.6 Å². The molecular weight excluding hydrogens is 404 g/mol. The van der Waals surface area contributed by atoms with Crippen molar-refractivity contribution in [1.29, 1.82) is 0 Å². The Morgan fingerprint density at radius 1 is 0.938 bits per heavy atom. The van der Waals surface area contributed by atoms with Gasteiger partial charge < -0.3 is 20.1 Å². The summed E-state index contributed by atoms with van der Waals surface area (Å²) >= 11 is 0. The van der Waals surface area contributed by atoms with Crippen LogP contribution in [0.4, 0.5) is 4.79 Å². The molecular formula is C26H22N2O4. The summed E-state index contributed by atoms with van der Waals surface area (Å²) in [6.45, 7) is 0.174. The number of carbonyl (C=O) groups excluding carboxylic acids is 1. The summed E-state index contributed by atoms with van der Waals surface area (Å²) in [5.41, 5.74) is 6.16. The molecule has 0 radical (unpaired) electrons. The van der Waals surface area contributed by atoms with Crippen LogP contribution in [-0.4, -0.2) is 28.8 Å². The van der Waals surface area contributed by atoms with Crippen LogP contribution in [0.25, 0.3) is 22.0 Å². The van der Waals surface area contributed by atoms with E-state index in [1.54, 1.807) is 6.20 Å². The Kier molecular flexibility index (Phi) is 5.11. The van der Waals surface area contributed by atoms with Gasteiger partial charge in [-0.15, -0.1) is 0 Å². The van der Waals surface area contributed by atoms with Crippen molar-refractivity contribution in [3.05, 3.63) is 95.7 Å². The maximum Gasteiger partial charge on any atom is 0.407 e. The molecule has 0 saturated heterocycles. The number of para-hydroxylation sites is 1. The molecule has 1 heterocycles. The van der Waals surface area contributed by atoms with E-state index in [9.17, 15) is 14.7 Å². The average molecular weight is 426 g/mol. The molecule has 0 bridgehead atoms. The van der Waals surface area contributed by atoms with E-state index in [4.69, 9.17) is 4.74 Å². The Balaban J connectivity index is 1.34. The van der Waals surface area contributed by atoms with Crippen LogP contribution in [-0.2, 0) is 9.53 Å². The van der Waals surface area contributed by atoms with Crippen molar-refractivity contribution in [3.8, 4) is 11.1 Å². The Labute approximate surface area is 184 Å². The molecule has 3 aromatic carbocycles. The fraction of sp³-hybridized carbons (Fsp3) is 0.154. The van der Waals surface area contributed by atoms with Crippen LogP contribution in [0.1, 0.15) is 35.1 Å². The summed E-state index contributed by atoms with van der Waals surface area (Å²) in [5.74, 6) is -1.06. The zero-order valence-electron chi connectivity index (χ0n) is 17.2. The molecule has 3 N–H and O–H groups in total. The van der Waals surface area contributed by atoms with Gasteiger partial charge in [0.1, 0.15) is 6.61 Å². The normalized spacial score (nSPS) is 13.4. The van der Waals surface area contributed by atoms with Crippen LogP contribution in [0.3, 0.4) is 0 Å². The van der Waals surface area contributed by atoms with Crippen molar-refractivity contribution in [2.75, 3.05) is 6.61 Å². The largest absolute Gasteiger partial charge is 0.481 e. The van der Waals surface area contributed by atoms with Gasteiger partial charge in [-0.25, -0.2) is 4.79 Å². The second-order valence-electron chi connectivity index (χ2n) is 7.91. The van der Waals surface area contributed by atoms with E-state index in [0.29, 0.717) is 0 Å². The molecule has 32 heavy (non-hydrogen) atoms. The number of rotatable bonds is 6. The van der Waals surface area contributed by atoms with Gasteiger partial charge >= 0.3 is 12.1 Å². The molecule has 0 spiro atoms. The summed E-state index contributed by atoms with van der Waals surface area (Å²) in [7, 11) is 0. The zero-order chi connectivity index (χ0) is 22.1. The van der Waals surface area contributed by atoms with E-state index in [1.807, 2.05) is 48.5 Å². The molecule has 6 nitrogen and oxygen atoms in total. The second-order valence-corrected chi connectivity index (χ2v) is 7.91. The Morgan fingerprint density at radius 2 is 1.56 bits per heavy atom. The zero-order valence-corrected chi connectivity index (χ0v) is 17.2. The summed E-state index contributed by atoms with van der Waals surface area (Å²) < 4.78 is 5.61. The SMILES string of the molecule is O=C(O)CC(NC(=O)OCC1c2ccccc2-c2ccccc21)c1c[nH]c2ccccc12. The van der Waals surface area contributed by atoms with Crippen LogP contribution in [0.5, 0.6) is 0 Å². The summed E-state index contributed by atoms with van der Waals surface area (Å²) in [6.07, 6.45) is 0.858. The van der Waals surface area contributed by atoms with Crippen LogP contribution in [0.15, 0.2) is 79.0 Å². The number of hydrogen-bond acceptors (Lipinski definition) is 3. The molecule has 0 fully saturated rings. The quantitative estimate of drug-likeness (QED) is 0.394. The number of carboxylic acids is 1. The van der Waals surface area contributed by atoms with E-state index in [0.717, 1.165) is 38.7 Å². The first-order valence-electron chi connectivity index (χ1n) is 10.5. The van der Waals surface area contributed by atoms with Crippen LogP contribution >= 0.6 is 0 Å². The monoisotopic (exact) mass is 426 g/mol. The van der Waals surface area contributed by atoms with Crippen molar-refractivity contribution >= 4 is 23.0 Å². The van der Waals surface area contributed by atoms with E-state index >= 15 is 0 Å². The van der Waals surface area contributed by atoms with E-state index in [-0.39, 0.29) is 18.9 Å². The van der Waals surface area contributed by atoms with Gasteiger partial charge in [0.15, 0.2) is 0 Å². The number of benzene rings is 3. The lowest BCUT2D eigenvalue weighted by atomic mass is 9.98. The fourth-order valence-electron chi connectivity index (χ4n) is 4.58. The molecule has 1 unspecified atom stereocenters. The number of carboxylic acid groups (broad SMARTS) is 1. The number of hydrogen-bond donors (Lipinski definition) is 3. The van der Waals surface area contributed by atoms with Crippen molar-refractivity contribution < 1.29 is 19.4 Å². The number of H-pyrrole nitrogens is 1. The Hall–Kier alpha value is -4.06. The number of nitrogens with one attached hydrogen (secondary N) is 2. The summed E-state index contributed by atoms with van der Waals surface area (Å²) in [6, 6.07) is 23.1. The molecule has 1 aromatic heterocycles. The van der Waals surface area contributed by atoms with Crippen molar-refractivity contribution in [2.24, 2.45) is 0 Å². The standard InChI is InChI=1S/C26H22N2O4/c29-25(30)13-24(21-14-27-23-12-6-5-11-20(21)23)28-26(31)32-15-22-18-9-3-1-7-16(18)17-8-2-4-10-19(17)22/h1-12,14,22,24,27H,13,15H2,(H,28,31)(H,29,30). The van der Waals surface area contributed by atoms with Gasteiger partial charge in [0.25, 0.3) is 0 Å². The molecule has 1 atom stereocenters. The third-order valence-corrected chi connectivity index (χ3v) is 6.01. The lowest BCUT2D eigenvalue weighted by Crippen LogP contribution is -2.31. The number of carbonyl (C=O) groups is 2. The minimum Gasteiger partial charge on any atom is -0.481 e. The van der Waals surface area contributed by atoms with Gasteiger partial charge in [-0.1, -0.05) is 66.7 Å². The number of fused-ring (bicyclic) bond motifs is 4. The van der Waals surface area contributed by atoms with Gasteiger partial charge in [0.2, 0.25) is 0 Å². The predicted octanol–water partition coefficient (Wildman–Crippen LogP) is 5.22. The topological polar surface area (TPSA) is 91.4 Å². The Morgan fingerprint density at radius 3 is 2.25 bits per heavy atom. The number of aliphatic carboxylic acids is 1. The highest BCUT2D eigenvalue weighted by Crippen LogP contribution is 2.44. The first kappa shape index (κ1) is 19.9. The predicted molar refractivity (Wildman–Crippen MR) is 121 cm³/mol. The molecule has 4 aromatic rings. The number of alkyl carbamates (subject to hydrolysis) is 1. The van der Waals surface area contributed by atoms with E-state index < -0.39 is 18.1 Å². The highest BCUT2D eigenvalue weighted by Gasteiger charge is 2.29. The molecule has 1 aliphatic carbocycles. The number of amides is 1. The molecule has 160 valence electrons. The third-order valence-electron chi connectivity index (χ3n) is 6.01. The lowest BCUT2D eigenvalue weighted by Gasteiger charge is -2.19. The highest BCUT2D eigenvalue weighted by molar-refractivity contribution is 5.85. The third kappa shape index (κ3) is 3.60. The molecule has 1 aliphatic rings. The first-order chi connectivity index (χ1) is 15.6. The first-order valence-corrected chi connectivity index (χ1v) is 10.5. The molecule has 0 aliphatic heterocycles. The van der Waals surface area contributed by atoms with Crippen molar-refractivity contribution in [1.82, 2.24) is 10.3 Å². The van der Waals surface area contributed by atoms with Gasteiger partial charge in [-0.05, 0) is 28.3 Å². The minimum absolute atomic E-state index is 0.0563. The van der Waals surface area contributed by atoms with Crippen LogP contribution in [0.2, 0.25) is 0 Å². The number of ether oxygens (including phenoxy) is 1. The maximum absolute atomic E-state index is 12.7. The Bertz CT molecular complexity index is 1260. The average Bonchev–Trinajstić information content (AvgIpc) is 3.36. The highest BCUT2D eigenvalue weighted by atomic mass is 16.5. The van der Waals surface area contributed by atoms with Crippen LogP contribution < -0.4 is 5.32 Å². The summed E-state index contributed by atoms with van der Waals surface area (Å²) in [5, 5.41) is 13.0. The number of aromatic amines is 1. The van der Waals surface area contributed by atoms with Gasteiger partial charge in [-0.3, -0.25) is 4.79 Å². The lowest BCUT2D eigenvalue weighted by molar-refractivity contribution is -0.137. The molecule has 6 heteroatoms. The summed E-state index contributed by atoms with van der Waals surface area (Å²) in [4.78, 5) is 27.3. The van der Waals surface area contributed by atoms with Crippen LogP contribution in [0, 0.1) is 0 Å². The van der Waals surface area contributed by atoms with Gasteiger partial charge in [0.05, 0.1) is 12.5 Å². The molecule has 1 amide bonds. The molecule has 0 saturated carbocycles. The molecule has 5 rings (SSSR count). The van der Waals surface area contributed by atoms with Crippen molar-refractivity contribution in [2.45, 2.75) is 18.4 Å².